The van der Waals surface area contributed by atoms with Gasteiger partial charge in [0.2, 0.25) is 0 Å². The molecule has 0 radical (unpaired) electrons. The Morgan fingerprint density at radius 2 is 1.50 bits per heavy atom. The fraction of sp³-hybridized carbons (Fsp3) is 1.00. The van der Waals surface area contributed by atoms with Crippen LogP contribution in [0, 0.1) is 41.4 Å². The maximum absolute atomic E-state index is 2.48. The molecular weight excluding hydrogens is 192 g/mol. The Hall–Kier alpha value is 0. The summed E-state index contributed by atoms with van der Waals surface area (Å²) < 4.78 is 0. The topological polar surface area (TPSA) is 0 Å². The van der Waals surface area contributed by atoms with Gasteiger partial charge in [-0.25, -0.2) is 0 Å². The van der Waals surface area contributed by atoms with Crippen molar-refractivity contribution in [3.8, 4) is 0 Å². The second-order valence-electron chi connectivity index (χ2n) is 6.54. The average molecular weight is 224 g/mol. The van der Waals surface area contributed by atoms with Crippen molar-refractivity contribution in [3.63, 3.8) is 0 Å². The summed E-state index contributed by atoms with van der Waals surface area (Å²) in [6, 6.07) is 0. The Morgan fingerprint density at radius 3 is 1.88 bits per heavy atom. The van der Waals surface area contributed by atoms with Crippen LogP contribution in [0.5, 0.6) is 0 Å². The first-order valence-corrected chi connectivity index (χ1v) is 7.45. The summed E-state index contributed by atoms with van der Waals surface area (Å²) in [5.74, 6) is 6.60. The molecule has 0 aromatic heterocycles. The van der Waals surface area contributed by atoms with Crippen molar-refractivity contribution in [1.82, 2.24) is 0 Å². The van der Waals surface area contributed by atoms with Gasteiger partial charge in [0.25, 0.3) is 0 Å². The minimum atomic E-state index is 0.838. The van der Waals surface area contributed by atoms with E-state index in [1.54, 1.807) is 0 Å². The highest BCUT2D eigenvalue weighted by atomic mass is 14.5. The molecule has 6 unspecified atom stereocenters. The molecule has 0 heteroatoms. The maximum atomic E-state index is 2.48. The zero-order valence-electron chi connectivity index (χ0n) is 12.5. The number of rotatable bonds is 5. The lowest BCUT2D eigenvalue weighted by Gasteiger charge is -2.55. The third-order valence-corrected chi connectivity index (χ3v) is 5.77. The molecule has 1 saturated carbocycles. The minimum Gasteiger partial charge on any atom is -0.0651 e. The van der Waals surface area contributed by atoms with E-state index in [0.717, 1.165) is 41.4 Å². The standard InChI is InChI=1S/C16H32/c1-8-14(11(5)10(3)4)16-13(7)12(6)15(16)9-2/h10-16H,8-9H2,1-7H3. The molecule has 96 valence electrons. The zero-order valence-corrected chi connectivity index (χ0v) is 12.5. The van der Waals surface area contributed by atoms with E-state index < -0.39 is 0 Å². The van der Waals surface area contributed by atoms with Crippen LogP contribution in [0.2, 0.25) is 0 Å². The van der Waals surface area contributed by atoms with Crippen LogP contribution in [0.25, 0.3) is 0 Å². The third kappa shape index (κ3) is 2.31. The van der Waals surface area contributed by atoms with E-state index >= 15 is 0 Å². The van der Waals surface area contributed by atoms with Crippen LogP contribution >= 0.6 is 0 Å². The van der Waals surface area contributed by atoms with Gasteiger partial charge in [-0.3, -0.25) is 0 Å². The normalized spacial score (nSPS) is 38.2. The Balaban J connectivity index is 2.73. The lowest BCUT2D eigenvalue weighted by molar-refractivity contribution is -0.0641. The van der Waals surface area contributed by atoms with Crippen LogP contribution in [-0.4, -0.2) is 0 Å². The second-order valence-corrected chi connectivity index (χ2v) is 6.54. The molecule has 1 fully saturated rings. The van der Waals surface area contributed by atoms with Crippen LogP contribution in [0.15, 0.2) is 0 Å². The number of hydrogen-bond acceptors (Lipinski definition) is 0. The lowest BCUT2D eigenvalue weighted by Crippen LogP contribution is -2.49. The van der Waals surface area contributed by atoms with E-state index in [1.165, 1.54) is 12.8 Å². The van der Waals surface area contributed by atoms with Crippen LogP contribution in [0.4, 0.5) is 0 Å². The van der Waals surface area contributed by atoms with Gasteiger partial charge in [0.05, 0.1) is 0 Å². The van der Waals surface area contributed by atoms with Gasteiger partial charge in [0.15, 0.2) is 0 Å². The van der Waals surface area contributed by atoms with Crippen LogP contribution < -0.4 is 0 Å². The molecule has 1 aliphatic rings. The molecular formula is C16H32. The van der Waals surface area contributed by atoms with E-state index in [0.29, 0.717) is 0 Å². The second kappa shape index (κ2) is 5.56. The first-order chi connectivity index (χ1) is 7.45. The Labute approximate surface area is 103 Å². The molecule has 0 heterocycles. The monoisotopic (exact) mass is 224 g/mol. The molecule has 1 rings (SSSR count). The summed E-state index contributed by atoms with van der Waals surface area (Å²) in [5, 5.41) is 0. The molecule has 6 atom stereocenters. The van der Waals surface area contributed by atoms with Gasteiger partial charge in [-0.2, -0.15) is 0 Å². The molecule has 0 saturated heterocycles. The van der Waals surface area contributed by atoms with Gasteiger partial charge in [0, 0.05) is 0 Å². The molecule has 0 N–H and O–H groups in total. The minimum absolute atomic E-state index is 0.838. The van der Waals surface area contributed by atoms with Crippen molar-refractivity contribution in [2.24, 2.45) is 41.4 Å². The molecule has 0 spiro atoms. The summed E-state index contributed by atoms with van der Waals surface area (Å²) in [7, 11) is 0. The first kappa shape index (κ1) is 14.1. The van der Waals surface area contributed by atoms with E-state index in [4.69, 9.17) is 0 Å². The predicted molar refractivity (Wildman–Crippen MR) is 73.4 cm³/mol. The summed E-state index contributed by atoms with van der Waals surface area (Å²) in [6.07, 6.45) is 2.76. The van der Waals surface area contributed by atoms with Gasteiger partial charge >= 0.3 is 0 Å². The van der Waals surface area contributed by atoms with Crippen molar-refractivity contribution in [2.45, 2.75) is 61.3 Å². The van der Waals surface area contributed by atoms with Crippen LogP contribution in [-0.2, 0) is 0 Å². The largest absolute Gasteiger partial charge is 0.0651 e. The van der Waals surface area contributed by atoms with Gasteiger partial charge in [-0.15, -0.1) is 0 Å². The summed E-state index contributed by atoms with van der Waals surface area (Å²) in [5.41, 5.74) is 0. The Morgan fingerprint density at radius 1 is 0.938 bits per heavy atom. The highest BCUT2D eigenvalue weighted by Crippen LogP contribution is 2.54. The highest BCUT2D eigenvalue weighted by molar-refractivity contribution is 4.96. The number of hydrogen-bond donors (Lipinski definition) is 0. The SMILES string of the molecule is CCC(C(C)C(C)C)C1C(C)C(C)C1CC. The van der Waals surface area contributed by atoms with E-state index in [-0.39, 0.29) is 0 Å². The van der Waals surface area contributed by atoms with Crippen molar-refractivity contribution >= 4 is 0 Å². The maximum Gasteiger partial charge on any atom is -0.0324 e. The van der Waals surface area contributed by atoms with Crippen molar-refractivity contribution in [3.05, 3.63) is 0 Å². The molecule has 0 bridgehead atoms. The van der Waals surface area contributed by atoms with Gasteiger partial charge in [-0.05, 0) is 41.4 Å². The Kier molecular flexibility index (Phi) is 4.88. The zero-order chi connectivity index (χ0) is 12.5. The van der Waals surface area contributed by atoms with Gasteiger partial charge < -0.3 is 0 Å². The van der Waals surface area contributed by atoms with Crippen LogP contribution in [0.3, 0.4) is 0 Å². The summed E-state index contributed by atoms with van der Waals surface area (Å²) in [6.45, 7) is 17.0. The molecule has 0 aromatic carbocycles. The molecule has 0 aromatic rings. The third-order valence-electron chi connectivity index (χ3n) is 5.77. The fourth-order valence-electron chi connectivity index (χ4n) is 4.18. The average Bonchev–Trinajstić information content (AvgIpc) is 2.27. The van der Waals surface area contributed by atoms with Gasteiger partial charge in [-0.1, -0.05) is 61.3 Å². The van der Waals surface area contributed by atoms with Crippen molar-refractivity contribution < 1.29 is 0 Å². The molecule has 0 nitrogen and oxygen atoms in total. The first-order valence-electron chi connectivity index (χ1n) is 7.45. The fourth-order valence-corrected chi connectivity index (χ4v) is 4.18. The van der Waals surface area contributed by atoms with Crippen molar-refractivity contribution in [2.75, 3.05) is 0 Å². The summed E-state index contributed by atoms with van der Waals surface area (Å²) >= 11 is 0. The predicted octanol–water partition coefficient (Wildman–Crippen LogP) is 5.23. The quantitative estimate of drug-likeness (QED) is 0.599. The van der Waals surface area contributed by atoms with E-state index in [9.17, 15) is 0 Å². The smallest absolute Gasteiger partial charge is 0.0324 e. The molecule has 1 aliphatic carbocycles. The van der Waals surface area contributed by atoms with Crippen LogP contribution in [0.1, 0.15) is 61.3 Å². The van der Waals surface area contributed by atoms with E-state index in [2.05, 4.69) is 48.5 Å². The van der Waals surface area contributed by atoms with Gasteiger partial charge in [0.1, 0.15) is 0 Å². The van der Waals surface area contributed by atoms with Crippen molar-refractivity contribution in [1.29, 1.82) is 0 Å². The van der Waals surface area contributed by atoms with E-state index in [1.807, 2.05) is 0 Å². The molecule has 0 amide bonds. The molecule has 16 heavy (non-hydrogen) atoms. The molecule has 0 aliphatic heterocycles. The Bertz CT molecular complexity index is 204. The lowest BCUT2D eigenvalue weighted by atomic mass is 9.50. The highest BCUT2D eigenvalue weighted by Gasteiger charge is 2.48. The summed E-state index contributed by atoms with van der Waals surface area (Å²) in [4.78, 5) is 0.